The highest BCUT2D eigenvalue weighted by Crippen LogP contribution is 2.23. The highest BCUT2D eigenvalue weighted by molar-refractivity contribution is 5.88. The number of ether oxygens (including phenoxy) is 1. The summed E-state index contributed by atoms with van der Waals surface area (Å²) in [5.41, 5.74) is 1.86. The molecule has 0 saturated heterocycles. The second kappa shape index (κ2) is 7.63. The molecule has 4 rings (SSSR count). The molecule has 7 nitrogen and oxygen atoms in total. The van der Waals surface area contributed by atoms with Crippen molar-refractivity contribution in [2.45, 2.75) is 6.42 Å². The molecule has 4 aromatic rings. The van der Waals surface area contributed by atoms with E-state index < -0.39 is 17.6 Å². The number of aromatic carboxylic acids is 1. The number of hydrogen-bond donors (Lipinski definition) is 1. The third-order valence-corrected chi connectivity index (χ3v) is 4.30. The number of halogens is 2. The monoisotopic (exact) mass is 396 g/mol. The summed E-state index contributed by atoms with van der Waals surface area (Å²) in [6.07, 6.45) is 3.37. The van der Waals surface area contributed by atoms with Gasteiger partial charge in [-0.05, 0) is 29.8 Å². The van der Waals surface area contributed by atoms with E-state index in [2.05, 4.69) is 15.2 Å². The first-order valence-corrected chi connectivity index (χ1v) is 8.62. The molecule has 0 aliphatic rings. The molecule has 0 spiro atoms. The van der Waals surface area contributed by atoms with E-state index in [4.69, 9.17) is 9.84 Å². The van der Waals surface area contributed by atoms with Gasteiger partial charge in [-0.1, -0.05) is 18.2 Å². The summed E-state index contributed by atoms with van der Waals surface area (Å²) in [5.74, 6) is -1.99. The van der Waals surface area contributed by atoms with Crippen LogP contribution in [0, 0.1) is 11.6 Å². The maximum absolute atomic E-state index is 13.3. The van der Waals surface area contributed by atoms with E-state index in [1.54, 1.807) is 16.5 Å². The van der Waals surface area contributed by atoms with E-state index in [9.17, 15) is 13.6 Å². The average Bonchev–Trinajstić information content (AvgIpc) is 3.16. The van der Waals surface area contributed by atoms with Gasteiger partial charge < -0.3 is 9.84 Å². The lowest BCUT2D eigenvalue weighted by molar-refractivity contribution is 0.0697. The summed E-state index contributed by atoms with van der Waals surface area (Å²) < 4.78 is 33.8. The van der Waals surface area contributed by atoms with Gasteiger partial charge in [0.05, 0.1) is 24.6 Å². The second-order valence-electron chi connectivity index (χ2n) is 6.19. The maximum Gasteiger partial charge on any atom is 0.335 e. The van der Waals surface area contributed by atoms with Gasteiger partial charge in [-0.3, -0.25) is 4.98 Å². The second-order valence-corrected chi connectivity index (χ2v) is 6.19. The molecular weight excluding hydrogens is 382 g/mol. The topological polar surface area (TPSA) is 89.6 Å². The first kappa shape index (κ1) is 18.5. The van der Waals surface area contributed by atoms with Crippen LogP contribution < -0.4 is 4.74 Å². The number of carbonyl (C=O) groups is 1. The van der Waals surface area contributed by atoms with Gasteiger partial charge in [-0.25, -0.2) is 18.0 Å². The minimum Gasteiger partial charge on any atom is -0.478 e. The molecule has 29 heavy (non-hydrogen) atoms. The minimum atomic E-state index is -1.02. The van der Waals surface area contributed by atoms with Gasteiger partial charge in [0, 0.05) is 12.0 Å². The molecule has 2 aromatic carbocycles. The summed E-state index contributed by atoms with van der Waals surface area (Å²) in [5, 5.41) is 17.2. The van der Waals surface area contributed by atoms with Crippen molar-refractivity contribution in [2.75, 3.05) is 6.61 Å². The normalized spacial score (nSPS) is 11.0. The van der Waals surface area contributed by atoms with Crippen molar-refractivity contribution in [3.63, 3.8) is 0 Å². The highest BCUT2D eigenvalue weighted by Gasteiger charge is 2.14. The number of aromatic nitrogens is 4. The van der Waals surface area contributed by atoms with Crippen LogP contribution in [-0.2, 0) is 6.42 Å². The minimum absolute atomic E-state index is 0.159. The molecule has 0 fully saturated rings. The van der Waals surface area contributed by atoms with Crippen LogP contribution >= 0.6 is 0 Å². The number of rotatable bonds is 6. The average molecular weight is 396 g/mol. The van der Waals surface area contributed by atoms with Gasteiger partial charge in [0.1, 0.15) is 0 Å². The number of fused-ring (bicyclic) bond motifs is 1. The fourth-order valence-electron chi connectivity index (χ4n) is 2.84. The zero-order valence-corrected chi connectivity index (χ0v) is 14.9. The smallest absolute Gasteiger partial charge is 0.335 e. The molecule has 2 heterocycles. The first-order chi connectivity index (χ1) is 14.0. The molecule has 1 N–H and O–H groups in total. The van der Waals surface area contributed by atoms with Crippen LogP contribution in [0.4, 0.5) is 8.78 Å². The third-order valence-electron chi connectivity index (χ3n) is 4.30. The lowest BCUT2D eigenvalue weighted by atomic mass is 10.1. The zero-order valence-electron chi connectivity index (χ0n) is 14.9. The van der Waals surface area contributed by atoms with Crippen LogP contribution in [0.2, 0.25) is 0 Å². The molecule has 0 radical (unpaired) electrons. The Hall–Kier alpha value is -3.88. The van der Waals surface area contributed by atoms with Crippen molar-refractivity contribution >= 4 is 11.6 Å². The lowest BCUT2D eigenvalue weighted by Crippen LogP contribution is -2.06. The summed E-state index contributed by atoms with van der Waals surface area (Å²) in [6, 6.07) is 9.91. The third kappa shape index (κ3) is 3.75. The fraction of sp³-hybridized carbons (Fsp3) is 0.100. The predicted molar refractivity (Wildman–Crippen MR) is 98.7 cm³/mol. The van der Waals surface area contributed by atoms with Crippen molar-refractivity contribution in [1.29, 1.82) is 0 Å². The van der Waals surface area contributed by atoms with Crippen molar-refractivity contribution in [2.24, 2.45) is 0 Å². The van der Waals surface area contributed by atoms with E-state index in [-0.39, 0.29) is 12.2 Å². The number of nitrogens with zero attached hydrogens (tertiary/aromatic N) is 4. The molecule has 0 aliphatic heterocycles. The largest absolute Gasteiger partial charge is 0.478 e. The SMILES string of the molecule is O=C(O)c1ccc(-c2nnc3cncc(OCCc4ccc(F)c(F)c4)n23)cc1. The van der Waals surface area contributed by atoms with Gasteiger partial charge in [0.2, 0.25) is 5.88 Å². The molecule has 0 saturated carbocycles. The molecule has 0 aliphatic carbocycles. The van der Waals surface area contributed by atoms with Gasteiger partial charge in [-0.2, -0.15) is 0 Å². The van der Waals surface area contributed by atoms with Crippen LogP contribution in [0.25, 0.3) is 17.0 Å². The summed E-state index contributed by atoms with van der Waals surface area (Å²) in [4.78, 5) is 15.1. The van der Waals surface area contributed by atoms with Crippen molar-refractivity contribution in [1.82, 2.24) is 19.6 Å². The van der Waals surface area contributed by atoms with E-state index >= 15 is 0 Å². The first-order valence-electron chi connectivity index (χ1n) is 8.62. The Balaban J connectivity index is 1.59. The maximum atomic E-state index is 13.3. The number of hydrogen-bond acceptors (Lipinski definition) is 5. The molecule has 0 unspecified atom stereocenters. The van der Waals surface area contributed by atoms with Crippen LogP contribution in [-0.4, -0.2) is 37.3 Å². The Kier molecular flexibility index (Phi) is 4.86. The van der Waals surface area contributed by atoms with Gasteiger partial charge in [-0.15, -0.1) is 10.2 Å². The standard InChI is InChI=1S/C20H14F2N4O3/c21-15-6-1-12(9-16(15)22)7-8-29-18-11-23-10-17-24-25-19(26(17)18)13-2-4-14(5-3-13)20(27)28/h1-6,9-11H,7-8H2,(H,27,28). The highest BCUT2D eigenvalue weighted by atomic mass is 19.2. The Morgan fingerprint density at radius 3 is 2.55 bits per heavy atom. The van der Waals surface area contributed by atoms with Crippen LogP contribution in [0.15, 0.2) is 54.9 Å². The van der Waals surface area contributed by atoms with Crippen molar-refractivity contribution < 1.29 is 23.4 Å². The van der Waals surface area contributed by atoms with Gasteiger partial charge in [0.25, 0.3) is 0 Å². The number of benzene rings is 2. The number of carboxylic acid groups (broad SMARTS) is 1. The van der Waals surface area contributed by atoms with E-state index in [1.165, 1.54) is 30.6 Å². The Labute approximate surface area is 163 Å². The van der Waals surface area contributed by atoms with Gasteiger partial charge in [0.15, 0.2) is 23.1 Å². The zero-order chi connectivity index (χ0) is 20.4. The Morgan fingerprint density at radius 1 is 1.03 bits per heavy atom. The molecule has 2 aromatic heterocycles. The molecule has 0 amide bonds. The fourth-order valence-corrected chi connectivity index (χ4v) is 2.84. The molecule has 0 bridgehead atoms. The van der Waals surface area contributed by atoms with Crippen LogP contribution in [0.5, 0.6) is 5.88 Å². The van der Waals surface area contributed by atoms with Crippen LogP contribution in [0.3, 0.4) is 0 Å². The molecular formula is C20H14F2N4O3. The number of carboxylic acids is 1. The lowest BCUT2D eigenvalue weighted by Gasteiger charge is -2.10. The summed E-state index contributed by atoms with van der Waals surface area (Å²) >= 11 is 0. The van der Waals surface area contributed by atoms with E-state index in [0.29, 0.717) is 34.9 Å². The van der Waals surface area contributed by atoms with E-state index in [1.807, 2.05) is 0 Å². The van der Waals surface area contributed by atoms with Gasteiger partial charge >= 0.3 is 5.97 Å². The molecule has 146 valence electrons. The van der Waals surface area contributed by atoms with Crippen molar-refractivity contribution in [3.05, 3.63) is 77.6 Å². The predicted octanol–water partition coefficient (Wildman–Crippen LogP) is 3.39. The van der Waals surface area contributed by atoms with Crippen molar-refractivity contribution in [3.8, 4) is 17.3 Å². The van der Waals surface area contributed by atoms with E-state index in [0.717, 1.165) is 12.1 Å². The summed E-state index contributed by atoms with van der Waals surface area (Å²) in [7, 11) is 0. The molecule has 0 atom stereocenters. The molecule has 9 heteroatoms. The Bertz CT molecular complexity index is 1190. The summed E-state index contributed by atoms with van der Waals surface area (Å²) in [6.45, 7) is 0.196. The quantitative estimate of drug-likeness (QED) is 0.537. The van der Waals surface area contributed by atoms with Crippen LogP contribution in [0.1, 0.15) is 15.9 Å². The Morgan fingerprint density at radius 2 is 1.83 bits per heavy atom.